The molecule has 1 saturated heterocycles. The van der Waals surface area contributed by atoms with Crippen molar-refractivity contribution in [3.8, 4) is 5.75 Å². The average Bonchev–Trinajstić information content (AvgIpc) is 2.55. The van der Waals surface area contributed by atoms with E-state index in [1.165, 1.54) is 6.92 Å². The molecule has 5 atom stereocenters. The van der Waals surface area contributed by atoms with Crippen LogP contribution in [-0.4, -0.2) is 52.0 Å². The van der Waals surface area contributed by atoms with E-state index in [4.69, 9.17) is 14.2 Å². The average molecular weight is 353 g/mol. The molecule has 8 heteroatoms. The van der Waals surface area contributed by atoms with Gasteiger partial charge in [0, 0.05) is 6.92 Å². The van der Waals surface area contributed by atoms with Gasteiger partial charge < -0.3 is 24.4 Å². The van der Waals surface area contributed by atoms with Gasteiger partial charge in [0.05, 0.1) is 17.8 Å². The van der Waals surface area contributed by atoms with Crippen LogP contribution in [0.25, 0.3) is 0 Å². The number of carbonyl (C=O) groups is 1. The quantitative estimate of drug-likeness (QED) is 0.464. The lowest BCUT2D eigenvalue weighted by atomic mass is 10.00. The highest BCUT2D eigenvalue weighted by Gasteiger charge is 2.46. The van der Waals surface area contributed by atoms with Crippen LogP contribution < -0.4 is 4.74 Å². The standard InChI is InChI=1S/C16H19NO6S/c1-9-13(19)14(20)15(22-10(2)18)16(21-9)23-12-5-3-11(4-6-12)7-17-8-24/h3-6,9,13-16,19-20H,7H2,1-2H3/t9-,13-,14+,15+,16-/m0/s1. The predicted molar refractivity (Wildman–Crippen MR) is 87.7 cm³/mol. The molecule has 130 valence electrons. The highest BCUT2D eigenvalue weighted by molar-refractivity contribution is 7.78. The van der Waals surface area contributed by atoms with Crippen LogP contribution in [0.4, 0.5) is 0 Å². The third-order valence-electron chi connectivity index (χ3n) is 3.59. The number of nitrogens with zero attached hydrogens (tertiary/aromatic N) is 1. The number of aliphatic imine (C=N–C) groups is 1. The van der Waals surface area contributed by atoms with Gasteiger partial charge in [-0.05, 0) is 36.8 Å². The largest absolute Gasteiger partial charge is 0.461 e. The molecular weight excluding hydrogens is 334 g/mol. The monoisotopic (exact) mass is 353 g/mol. The summed E-state index contributed by atoms with van der Waals surface area (Å²) in [6.07, 6.45) is -5.32. The van der Waals surface area contributed by atoms with Gasteiger partial charge in [0.2, 0.25) is 6.29 Å². The summed E-state index contributed by atoms with van der Waals surface area (Å²) in [5.74, 6) is -0.144. The molecular formula is C16H19NO6S. The summed E-state index contributed by atoms with van der Waals surface area (Å²) in [6.45, 7) is 3.22. The Morgan fingerprint density at radius 1 is 1.33 bits per heavy atom. The first-order chi connectivity index (χ1) is 11.4. The topological polar surface area (TPSA) is 97.6 Å². The second-order valence-corrected chi connectivity index (χ2v) is 5.62. The van der Waals surface area contributed by atoms with Crippen LogP contribution in [-0.2, 0) is 20.8 Å². The zero-order valence-corrected chi connectivity index (χ0v) is 14.1. The minimum atomic E-state index is -1.31. The number of hydrogen-bond donors (Lipinski definition) is 2. The van der Waals surface area contributed by atoms with E-state index in [2.05, 4.69) is 22.4 Å². The molecule has 7 nitrogen and oxygen atoms in total. The Morgan fingerprint density at radius 2 is 2.00 bits per heavy atom. The highest BCUT2D eigenvalue weighted by Crippen LogP contribution is 2.26. The Hall–Kier alpha value is -1.83. The summed E-state index contributed by atoms with van der Waals surface area (Å²) in [4.78, 5) is 15.1. The van der Waals surface area contributed by atoms with E-state index in [1.807, 2.05) is 0 Å². The first-order valence-corrected chi connectivity index (χ1v) is 7.81. The number of aliphatic hydroxyl groups excluding tert-OH is 2. The number of rotatable bonds is 5. The lowest BCUT2D eigenvalue weighted by Gasteiger charge is -2.40. The van der Waals surface area contributed by atoms with Crippen molar-refractivity contribution in [2.24, 2.45) is 4.99 Å². The summed E-state index contributed by atoms with van der Waals surface area (Å²) < 4.78 is 16.3. The number of hydrogen-bond acceptors (Lipinski definition) is 8. The third kappa shape index (κ3) is 4.59. The van der Waals surface area contributed by atoms with Crippen molar-refractivity contribution < 1.29 is 29.2 Å². The van der Waals surface area contributed by atoms with Gasteiger partial charge in [-0.3, -0.25) is 4.79 Å². The number of carbonyl (C=O) groups excluding carboxylic acids is 1. The zero-order valence-electron chi connectivity index (χ0n) is 13.3. The first-order valence-electron chi connectivity index (χ1n) is 7.40. The molecule has 1 heterocycles. The Bertz CT molecular complexity index is 615. The number of aliphatic hydroxyl groups is 2. The number of thiocarbonyl (C=S) groups is 1. The van der Waals surface area contributed by atoms with Crippen LogP contribution in [0.15, 0.2) is 29.3 Å². The van der Waals surface area contributed by atoms with Crippen molar-refractivity contribution in [2.75, 3.05) is 0 Å². The highest BCUT2D eigenvalue weighted by atomic mass is 32.1. The maximum absolute atomic E-state index is 11.2. The van der Waals surface area contributed by atoms with Crippen molar-refractivity contribution in [1.29, 1.82) is 0 Å². The van der Waals surface area contributed by atoms with Crippen LogP contribution in [0.2, 0.25) is 0 Å². The Labute approximate surface area is 144 Å². The minimum Gasteiger partial charge on any atom is -0.461 e. The van der Waals surface area contributed by atoms with Crippen LogP contribution in [0, 0.1) is 0 Å². The van der Waals surface area contributed by atoms with Gasteiger partial charge in [-0.15, -0.1) is 0 Å². The van der Waals surface area contributed by atoms with Gasteiger partial charge in [0.25, 0.3) is 0 Å². The number of ether oxygens (including phenoxy) is 3. The molecule has 1 aliphatic rings. The van der Waals surface area contributed by atoms with Crippen molar-refractivity contribution >= 4 is 23.3 Å². The smallest absolute Gasteiger partial charge is 0.303 e. The molecule has 2 rings (SSSR count). The number of benzene rings is 1. The number of isothiocyanates is 1. The molecule has 0 saturated carbocycles. The summed E-state index contributed by atoms with van der Waals surface area (Å²) in [7, 11) is 0. The van der Waals surface area contributed by atoms with E-state index < -0.39 is 36.7 Å². The van der Waals surface area contributed by atoms with Gasteiger partial charge in [0.1, 0.15) is 18.0 Å². The van der Waals surface area contributed by atoms with Crippen LogP contribution in [0.5, 0.6) is 5.75 Å². The third-order valence-corrected chi connectivity index (χ3v) is 3.72. The van der Waals surface area contributed by atoms with Crippen molar-refractivity contribution in [2.45, 2.75) is 51.1 Å². The van der Waals surface area contributed by atoms with E-state index in [0.29, 0.717) is 12.3 Å². The van der Waals surface area contributed by atoms with Gasteiger partial charge in [-0.25, -0.2) is 4.99 Å². The molecule has 1 aliphatic heterocycles. The van der Waals surface area contributed by atoms with Crippen molar-refractivity contribution in [3.05, 3.63) is 29.8 Å². The molecule has 0 spiro atoms. The second kappa shape index (κ2) is 8.32. The second-order valence-electron chi connectivity index (χ2n) is 5.43. The van der Waals surface area contributed by atoms with Gasteiger partial charge in [-0.1, -0.05) is 12.1 Å². The maximum Gasteiger partial charge on any atom is 0.303 e. The first kappa shape index (κ1) is 18.5. The predicted octanol–water partition coefficient (Wildman–Crippen LogP) is 1.07. The molecule has 0 radical (unpaired) electrons. The molecule has 0 aromatic heterocycles. The Morgan fingerprint density at radius 3 is 2.58 bits per heavy atom. The molecule has 1 aromatic carbocycles. The van der Waals surface area contributed by atoms with E-state index in [0.717, 1.165) is 5.56 Å². The lowest BCUT2D eigenvalue weighted by molar-refractivity contribution is -0.273. The molecule has 0 amide bonds. The molecule has 1 aromatic rings. The molecule has 2 N–H and O–H groups in total. The maximum atomic E-state index is 11.2. The van der Waals surface area contributed by atoms with E-state index >= 15 is 0 Å². The summed E-state index contributed by atoms with van der Waals surface area (Å²) >= 11 is 4.52. The zero-order chi connectivity index (χ0) is 17.7. The summed E-state index contributed by atoms with van der Waals surface area (Å²) in [5.41, 5.74) is 0.921. The Balaban J connectivity index is 2.12. The van der Waals surface area contributed by atoms with E-state index in [-0.39, 0.29) is 0 Å². The molecule has 0 unspecified atom stereocenters. The molecule has 0 aliphatic carbocycles. The molecule has 0 bridgehead atoms. The molecule has 24 heavy (non-hydrogen) atoms. The normalized spacial score (nSPS) is 29.4. The fourth-order valence-electron chi connectivity index (χ4n) is 2.35. The van der Waals surface area contributed by atoms with Gasteiger partial charge >= 0.3 is 5.97 Å². The summed E-state index contributed by atoms with van der Waals surface area (Å²) in [5, 5.41) is 22.3. The lowest BCUT2D eigenvalue weighted by Crippen LogP contribution is -2.59. The fraction of sp³-hybridized carbons (Fsp3) is 0.500. The number of esters is 1. The van der Waals surface area contributed by atoms with Crippen LogP contribution in [0.1, 0.15) is 19.4 Å². The Kier molecular flexibility index (Phi) is 6.42. The van der Waals surface area contributed by atoms with Crippen molar-refractivity contribution in [3.63, 3.8) is 0 Å². The van der Waals surface area contributed by atoms with Gasteiger partial charge in [0.15, 0.2) is 6.10 Å². The van der Waals surface area contributed by atoms with Crippen LogP contribution >= 0.6 is 12.2 Å². The SMILES string of the molecule is CC(=O)O[C@H]1[C@H](Oc2ccc(CN=C=S)cc2)O[C@@H](C)[C@H](O)[C@H]1O. The fourth-order valence-corrected chi connectivity index (χ4v) is 2.41. The van der Waals surface area contributed by atoms with Crippen molar-refractivity contribution in [1.82, 2.24) is 0 Å². The van der Waals surface area contributed by atoms with Crippen LogP contribution in [0.3, 0.4) is 0 Å². The minimum absolute atomic E-state index is 0.418. The summed E-state index contributed by atoms with van der Waals surface area (Å²) in [6, 6.07) is 6.99. The van der Waals surface area contributed by atoms with E-state index in [9.17, 15) is 15.0 Å². The molecule has 1 fully saturated rings. The van der Waals surface area contributed by atoms with E-state index in [1.54, 1.807) is 31.2 Å². The van der Waals surface area contributed by atoms with Gasteiger partial charge in [-0.2, -0.15) is 0 Å².